The Hall–Kier alpha value is -2.83. The zero-order valence-corrected chi connectivity index (χ0v) is 23.8. The maximum absolute atomic E-state index is 13.1. The smallest absolute Gasteiger partial charge is 0.205 e. The number of benzene rings is 1. The molecule has 1 heterocycles. The highest BCUT2D eigenvalue weighted by atomic mass is 35.5. The minimum Gasteiger partial charge on any atom is -0.473 e. The third-order valence-corrected chi connectivity index (χ3v) is 7.28. The number of rotatable bonds is 7. The van der Waals surface area contributed by atoms with Crippen molar-refractivity contribution >= 4 is 34.5 Å². The lowest BCUT2D eigenvalue weighted by atomic mass is 9.97. The Bertz CT molecular complexity index is 1150. The van der Waals surface area contributed by atoms with Crippen LogP contribution in [0.3, 0.4) is 0 Å². The van der Waals surface area contributed by atoms with Crippen molar-refractivity contribution in [1.82, 2.24) is 4.90 Å². The highest BCUT2D eigenvalue weighted by molar-refractivity contribution is 6.47. The van der Waals surface area contributed by atoms with Crippen molar-refractivity contribution in [3.63, 3.8) is 0 Å². The molecule has 3 rings (SSSR count). The molecule has 0 spiro atoms. The van der Waals surface area contributed by atoms with Crippen LogP contribution in [-0.4, -0.2) is 48.3 Å². The molecule has 3 N–H and O–H groups in total. The Morgan fingerprint density at radius 3 is 2.49 bits per heavy atom. The summed E-state index contributed by atoms with van der Waals surface area (Å²) in [5.74, 6) is 0.269. The highest BCUT2D eigenvalue weighted by Gasteiger charge is 2.28. The minimum absolute atomic E-state index is 0.0777. The lowest BCUT2D eigenvalue weighted by Gasteiger charge is -2.39. The van der Waals surface area contributed by atoms with Gasteiger partial charge < -0.3 is 20.3 Å². The SMILES string of the molecule is C/C(C(=O)/C(Cl)=C(\C)c1cccc(N(C(=N)C2=CC=CCC2)C2CCN(C)CC2)c1)=C(\N)OC(C)(C)C. The zero-order valence-electron chi connectivity index (χ0n) is 23.0. The minimum atomic E-state index is -0.517. The summed E-state index contributed by atoms with van der Waals surface area (Å²) in [6.45, 7) is 11.1. The summed E-state index contributed by atoms with van der Waals surface area (Å²) in [5.41, 5.74) is 9.29. The molecular formula is C30H41ClN4O2. The quantitative estimate of drug-likeness (QED) is 0.187. The van der Waals surface area contributed by atoms with Crippen molar-refractivity contribution in [2.75, 3.05) is 25.0 Å². The van der Waals surface area contributed by atoms with Gasteiger partial charge >= 0.3 is 0 Å². The topological polar surface area (TPSA) is 82.7 Å². The Labute approximate surface area is 227 Å². The molecule has 7 heteroatoms. The van der Waals surface area contributed by atoms with Crippen molar-refractivity contribution in [3.8, 4) is 0 Å². The molecule has 0 aromatic heterocycles. The number of carbonyl (C=O) groups excluding carboxylic acids is 1. The van der Waals surface area contributed by atoms with Gasteiger partial charge in [-0.15, -0.1) is 0 Å². The van der Waals surface area contributed by atoms with Crippen LogP contribution in [0.1, 0.15) is 65.9 Å². The lowest BCUT2D eigenvalue weighted by Crippen LogP contribution is -2.47. The van der Waals surface area contributed by atoms with Gasteiger partial charge in [0.15, 0.2) is 5.88 Å². The number of nitrogens with two attached hydrogens (primary N) is 1. The number of ether oxygens (including phenoxy) is 1. The van der Waals surface area contributed by atoms with Gasteiger partial charge in [-0.2, -0.15) is 0 Å². The van der Waals surface area contributed by atoms with Gasteiger partial charge in [-0.1, -0.05) is 42.0 Å². The van der Waals surface area contributed by atoms with Gasteiger partial charge in [-0.05, 0) is 109 Å². The fourth-order valence-corrected chi connectivity index (χ4v) is 4.85. The first kappa shape index (κ1) is 28.7. The predicted molar refractivity (Wildman–Crippen MR) is 155 cm³/mol. The summed E-state index contributed by atoms with van der Waals surface area (Å²) in [6.07, 6.45) is 10.0. The second-order valence-corrected chi connectivity index (χ2v) is 11.3. The average molecular weight is 525 g/mol. The van der Waals surface area contributed by atoms with E-state index in [9.17, 15) is 4.79 Å². The van der Waals surface area contributed by atoms with Gasteiger partial charge in [0.05, 0.1) is 10.6 Å². The summed E-state index contributed by atoms with van der Waals surface area (Å²) >= 11 is 6.61. The number of nitrogens with one attached hydrogen (secondary N) is 1. The van der Waals surface area contributed by atoms with Gasteiger partial charge in [0.2, 0.25) is 5.78 Å². The van der Waals surface area contributed by atoms with Crippen molar-refractivity contribution in [2.45, 2.75) is 71.9 Å². The molecule has 0 saturated carbocycles. The molecule has 200 valence electrons. The van der Waals surface area contributed by atoms with Crippen molar-refractivity contribution in [3.05, 3.63) is 70.1 Å². The molecule has 1 aromatic rings. The van der Waals surface area contributed by atoms with Crippen LogP contribution in [0.5, 0.6) is 0 Å². The normalized spacial score (nSPS) is 18.5. The Kier molecular flexibility index (Phi) is 9.43. The summed E-state index contributed by atoms with van der Waals surface area (Å²) in [7, 11) is 2.14. The van der Waals surface area contributed by atoms with Crippen molar-refractivity contribution < 1.29 is 9.53 Å². The van der Waals surface area contributed by atoms with Gasteiger partial charge in [-0.3, -0.25) is 10.2 Å². The van der Waals surface area contributed by atoms with E-state index in [1.54, 1.807) is 6.92 Å². The molecule has 1 saturated heterocycles. The van der Waals surface area contributed by atoms with E-state index in [0.717, 1.165) is 55.6 Å². The average Bonchev–Trinajstić information content (AvgIpc) is 2.87. The van der Waals surface area contributed by atoms with E-state index in [1.165, 1.54) is 0 Å². The third-order valence-electron chi connectivity index (χ3n) is 6.82. The molecule has 0 atom stereocenters. The third kappa shape index (κ3) is 7.36. The number of ketones is 1. The molecule has 0 bridgehead atoms. The summed E-state index contributed by atoms with van der Waals surface area (Å²) in [6, 6.07) is 8.21. The second-order valence-electron chi connectivity index (χ2n) is 10.9. The van der Waals surface area contributed by atoms with E-state index < -0.39 is 5.60 Å². The van der Waals surface area contributed by atoms with E-state index in [4.69, 9.17) is 27.5 Å². The number of carbonyl (C=O) groups is 1. The van der Waals surface area contributed by atoms with Crippen LogP contribution in [0.25, 0.3) is 5.57 Å². The molecule has 2 aliphatic rings. The first-order valence-corrected chi connectivity index (χ1v) is 13.4. The molecule has 1 aliphatic heterocycles. The molecular weight excluding hydrogens is 484 g/mol. The number of nitrogens with zero attached hydrogens (tertiary/aromatic N) is 2. The number of hydrogen-bond acceptors (Lipinski definition) is 5. The summed E-state index contributed by atoms with van der Waals surface area (Å²) < 4.78 is 5.68. The van der Waals surface area contributed by atoms with Crippen LogP contribution < -0.4 is 10.6 Å². The van der Waals surface area contributed by atoms with Crippen LogP contribution in [-0.2, 0) is 9.53 Å². The number of Topliss-reactive ketones (excluding diaryl/α,β-unsaturated/α-hetero) is 1. The van der Waals surface area contributed by atoms with Crippen LogP contribution in [0, 0.1) is 5.41 Å². The molecule has 0 unspecified atom stereocenters. The Morgan fingerprint density at radius 1 is 1.22 bits per heavy atom. The largest absolute Gasteiger partial charge is 0.473 e. The summed E-state index contributed by atoms with van der Waals surface area (Å²) in [5, 5.41) is 9.26. The van der Waals surface area contributed by atoms with E-state index in [0.29, 0.717) is 11.4 Å². The van der Waals surface area contributed by atoms with Crippen LogP contribution >= 0.6 is 11.6 Å². The van der Waals surface area contributed by atoms with Crippen LogP contribution in [0.4, 0.5) is 5.69 Å². The van der Waals surface area contributed by atoms with Crippen LogP contribution in [0.15, 0.2) is 64.6 Å². The number of halogens is 1. The fourth-order valence-electron chi connectivity index (χ4n) is 4.60. The maximum Gasteiger partial charge on any atom is 0.205 e. The molecule has 1 fully saturated rings. The lowest BCUT2D eigenvalue weighted by molar-refractivity contribution is -0.112. The Balaban J connectivity index is 1.97. The van der Waals surface area contributed by atoms with Gasteiger partial charge in [0, 0.05) is 11.7 Å². The molecule has 37 heavy (non-hydrogen) atoms. The van der Waals surface area contributed by atoms with Gasteiger partial charge in [0.25, 0.3) is 0 Å². The monoisotopic (exact) mass is 524 g/mol. The van der Waals surface area contributed by atoms with Crippen molar-refractivity contribution in [1.29, 1.82) is 5.41 Å². The van der Waals surface area contributed by atoms with Crippen LogP contribution in [0.2, 0.25) is 0 Å². The van der Waals surface area contributed by atoms with E-state index in [2.05, 4.69) is 29.0 Å². The zero-order chi connectivity index (χ0) is 27.3. The van der Waals surface area contributed by atoms with Gasteiger partial charge in [-0.25, -0.2) is 0 Å². The van der Waals surface area contributed by atoms with E-state index in [1.807, 2.05) is 58.0 Å². The molecule has 1 aromatic carbocycles. The van der Waals surface area contributed by atoms with Gasteiger partial charge in [0.1, 0.15) is 11.4 Å². The predicted octanol–water partition coefficient (Wildman–Crippen LogP) is 6.39. The number of likely N-dealkylation sites (tertiary alicyclic amines) is 1. The number of amidine groups is 1. The highest BCUT2D eigenvalue weighted by Crippen LogP contribution is 2.32. The maximum atomic E-state index is 13.1. The number of hydrogen-bond donors (Lipinski definition) is 2. The first-order valence-electron chi connectivity index (χ1n) is 13.0. The standard InChI is InChI=1S/C30H41ClN4O2/c1-20(26(31)27(36)21(2)29(33)37-30(3,4)5)23-13-10-14-25(19-23)35(24-15-17-34(6)18-16-24)28(32)22-11-8-7-9-12-22/h7-8,10-11,13-14,19,24,32H,9,12,15-18,33H2,1-6H3/b26-20-,29-21-,32-28?. The summed E-state index contributed by atoms with van der Waals surface area (Å²) in [4.78, 5) is 17.6. The van der Waals surface area contributed by atoms with E-state index in [-0.39, 0.29) is 28.3 Å². The van der Waals surface area contributed by atoms with Crippen molar-refractivity contribution in [2.24, 2.45) is 5.73 Å². The number of anilines is 1. The number of piperidine rings is 1. The molecule has 0 radical (unpaired) electrons. The molecule has 0 amide bonds. The Morgan fingerprint density at radius 2 is 1.89 bits per heavy atom. The first-order chi connectivity index (χ1) is 17.4. The number of allylic oxidation sites excluding steroid dienone is 6. The second kappa shape index (κ2) is 12.1. The molecule has 6 nitrogen and oxygen atoms in total. The van der Waals surface area contributed by atoms with E-state index >= 15 is 0 Å². The fraction of sp³-hybridized carbons (Fsp3) is 0.467. The molecule has 1 aliphatic carbocycles.